The van der Waals surface area contributed by atoms with Crippen molar-refractivity contribution in [3.63, 3.8) is 0 Å². The normalized spacial score (nSPS) is 12.2. The van der Waals surface area contributed by atoms with Crippen LogP contribution in [0.4, 0.5) is 0 Å². The van der Waals surface area contributed by atoms with Gasteiger partial charge in [-0.25, -0.2) is 0 Å². The maximum absolute atomic E-state index is 11.8. The van der Waals surface area contributed by atoms with Gasteiger partial charge in [0.15, 0.2) is 0 Å². The first-order valence-electron chi connectivity index (χ1n) is 6.53. The number of thiophene rings is 1. The number of rotatable bonds is 7. The summed E-state index contributed by atoms with van der Waals surface area (Å²) in [6, 6.07) is 4.00. The quantitative estimate of drug-likeness (QED) is 0.783. The fourth-order valence-electron chi connectivity index (χ4n) is 1.73. The van der Waals surface area contributed by atoms with Crippen molar-refractivity contribution in [1.82, 2.24) is 5.32 Å². The Balaban J connectivity index is 2.47. The second-order valence-corrected chi connectivity index (χ2v) is 5.59. The predicted octanol–water partition coefficient (Wildman–Crippen LogP) is 2.90. The summed E-state index contributed by atoms with van der Waals surface area (Å²) in [7, 11) is 0. The zero-order valence-electron chi connectivity index (χ0n) is 11.6. The smallest absolute Gasteiger partial charge is 0.306 e. The average Bonchev–Trinajstić information content (AvgIpc) is 2.87. The topological polar surface area (TPSA) is 55.4 Å². The molecule has 19 heavy (non-hydrogen) atoms. The van der Waals surface area contributed by atoms with Crippen molar-refractivity contribution in [2.75, 3.05) is 6.61 Å². The Morgan fingerprint density at radius 3 is 2.63 bits per heavy atom. The van der Waals surface area contributed by atoms with Gasteiger partial charge in [0.05, 0.1) is 19.1 Å². The molecule has 0 spiro atoms. The summed E-state index contributed by atoms with van der Waals surface area (Å²) in [6.45, 7) is 6.24. The van der Waals surface area contributed by atoms with Crippen LogP contribution >= 0.6 is 11.3 Å². The van der Waals surface area contributed by atoms with Gasteiger partial charge in [-0.1, -0.05) is 19.9 Å². The predicted molar refractivity (Wildman–Crippen MR) is 75.9 cm³/mol. The Labute approximate surface area is 118 Å². The van der Waals surface area contributed by atoms with Crippen molar-refractivity contribution in [3.05, 3.63) is 22.4 Å². The fourth-order valence-corrected chi connectivity index (χ4v) is 2.68. The van der Waals surface area contributed by atoms with Crippen molar-refractivity contribution < 1.29 is 14.3 Å². The Kier molecular flexibility index (Phi) is 6.56. The molecule has 0 fully saturated rings. The molecule has 1 heterocycles. The van der Waals surface area contributed by atoms with Gasteiger partial charge in [0.25, 0.3) is 0 Å². The lowest BCUT2D eigenvalue weighted by molar-refractivity contribution is -0.144. The van der Waals surface area contributed by atoms with E-state index in [1.165, 1.54) is 0 Å². The number of esters is 1. The number of ether oxygens (including phenoxy) is 1. The first-order valence-corrected chi connectivity index (χ1v) is 7.41. The van der Waals surface area contributed by atoms with Gasteiger partial charge in [-0.05, 0) is 24.3 Å². The number of amides is 1. The lowest BCUT2D eigenvalue weighted by Gasteiger charge is -2.21. The Hall–Kier alpha value is -1.36. The van der Waals surface area contributed by atoms with E-state index in [0.29, 0.717) is 12.5 Å². The Bertz CT molecular complexity index is 401. The highest BCUT2D eigenvalue weighted by atomic mass is 32.1. The summed E-state index contributed by atoms with van der Waals surface area (Å²) in [5.41, 5.74) is 0. The van der Waals surface area contributed by atoms with Crippen LogP contribution in [-0.2, 0) is 14.3 Å². The van der Waals surface area contributed by atoms with Crippen LogP contribution in [0.25, 0.3) is 0 Å². The molecule has 106 valence electrons. The largest absolute Gasteiger partial charge is 0.466 e. The molecule has 0 radical (unpaired) electrons. The summed E-state index contributed by atoms with van der Waals surface area (Å²) in [4.78, 5) is 24.2. The number of hydrogen-bond acceptors (Lipinski definition) is 4. The van der Waals surface area contributed by atoms with E-state index in [1.807, 2.05) is 17.5 Å². The zero-order valence-corrected chi connectivity index (χ0v) is 12.5. The van der Waals surface area contributed by atoms with Gasteiger partial charge in [-0.3, -0.25) is 9.59 Å². The van der Waals surface area contributed by atoms with Gasteiger partial charge >= 0.3 is 5.97 Å². The lowest BCUT2D eigenvalue weighted by atomic mass is 10.0. The number of carbonyl (C=O) groups excluding carboxylic acids is 2. The minimum atomic E-state index is -0.324. The molecule has 1 rings (SSSR count). The van der Waals surface area contributed by atoms with E-state index in [0.717, 1.165) is 4.88 Å². The lowest BCUT2D eigenvalue weighted by Crippen LogP contribution is -2.31. The Morgan fingerprint density at radius 1 is 1.37 bits per heavy atom. The molecule has 0 saturated carbocycles. The number of nitrogens with one attached hydrogen (secondary N) is 1. The standard InChI is InChI=1S/C14H21NO3S/c1-4-18-13(17)8-7-12(16)15-14(10(2)3)11-6-5-9-19-11/h5-6,9-10,14H,4,7-8H2,1-3H3,(H,15,16). The van der Waals surface area contributed by atoms with Crippen molar-refractivity contribution in [2.45, 2.75) is 39.7 Å². The van der Waals surface area contributed by atoms with E-state index in [1.54, 1.807) is 18.3 Å². The van der Waals surface area contributed by atoms with E-state index < -0.39 is 0 Å². The summed E-state index contributed by atoms with van der Waals surface area (Å²) in [6.07, 6.45) is 0.308. The molecule has 0 saturated heterocycles. The fraction of sp³-hybridized carbons (Fsp3) is 0.571. The highest BCUT2D eigenvalue weighted by Gasteiger charge is 2.19. The molecule has 0 aliphatic rings. The molecule has 1 unspecified atom stereocenters. The Morgan fingerprint density at radius 2 is 2.11 bits per heavy atom. The second-order valence-electron chi connectivity index (χ2n) is 4.61. The van der Waals surface area contributed by atoms with Gasteiger partial charge in [0.2, 0.25) is 5.91 Å². The first kappa shape index (κ1) is 15.7. The van der Waals surface area contributed by atoms with Crippen LogP contribution in [0.2, 0.25) is 0 Å². The molecule has 1 aromatic rings. The molecule has 0 aliphatic heterocycles. The van der Waals surface area contributed by atoms with Gasteiger partial charge in [0.1, 0.15) is 0 Å². The highest BCUT2D eigenvalue weighted by molar-refractivity contribution is 7.10. The minimum absolute atomic E-state index is 0.00898. The third kappa shape index (κ3) is 5.42. The van der Waals surface area contributed by atoms with E-state index in [2.05, 4.69) is 19.2 Å². The van der Waals surface area contributed by atoms with Gasteiger partial charge in [0, 0.05) is 11.3 Å². The van der Waals surface area contributed by atoms with Crippen LogP contribution in [0.5, 0.6) is 0 Å². The molecule has 0 bridgehead atoms. The van der Waals surface area contributed by atoms with Crippen LogP contribution in [0.3, 0.4) is 0 Å². The molecule has 1 amide bonds. The van der Waals surface area contributed by atoms with Crippen molar-refractivity contribution >= 4 is 23.2 Å². The summed E-state index contributed by atoms with van der Waals surface area (Å²) in [5, 5.41) is 4.98. The van der Waals surface area contributed by atoms with Gasteiger partial charge < -0.3 is 10.1 Å². The van der Waals surface area contributed by atoms with Crippen molar-refractivity contribution in [3.8, 4) is 0 Å². The summed E-state index contributed by atoms with van der Waals surface area (Å²) < 4.78 is 4.80. The third-order valence-electron chi connectivity index (χ3n) is 2.69. The number of hydrogen-bond donors (Lipinski definition) is 1. The minimum Gasteiger partial charge on any atom is -0.466 e. The molecule has 1 N–H and O–H groups in total. The molecule has 1 aromatic heterocycles. The maximum atomic E-state index is 11.8. The van der Waals surface area contributed by atoms with Crippen LogP contribution in [-0.4, -0.2) is 18.5 Å². The van der Waals surface area contributed by atoms with Crippen LogP contribution in [0.15, 0.2) is 17.5 Å². The van der Waals surface area contributed by atoms with Crippen molar-refractivity contribution in [2.24, 2.45) is 5.92 Å². The highest BCUT2D eigenvalue weighted by Crippen LogP contribution is 2.25. The van der Waals surface area contributed by atoms with E-state index >= 15 is 0 Å². The molecule has 5 heteroatoms. The first-order chi connectivity index (χ1) is 9.04. The maximum Gasteiger partial charge on any atom is 0.306 e. The molecular weight excluding hydrogens is 262 g/mol. The van der Waals surface area contributed by atoms with E-state index in [4.69, 9.17) is 4.74 Å². The second kappa shape index (κ2) is 7.94. The van der Waals surface area contributed by atoms with E-state index in [-0.39, 0.29) is 30.8 Å². The van der Waals surface area contributed by atoms with Crippen LogP contribution < -0.4 is 5.32 Å². The third-order valence-corrected chi connectivity index (χ3v) is 3.65. The van der Waals surface area contributed by atoms with Crippen LogP contribution in [0, 0.1) is 5.92 Å². The average molecular weight is 283 g/mol. The van der Waals surface area contributed by atoms with Crippen molar-refractivity contribution in [1.29, 1.82) is 0 Å². The van der Waals surface area contributed by atoms with Gasteiger partial charge in [-0.15, -0.1) is 11.3 Å². The van der Waals surface area contributed by atoms with E-state index in [9.17, 15) is 9.59 Å². The number of carbonyl (C=O) groups is 2. The van der Waals surface area contributed by atoms with Gasteiger partial charge in [-0.2, -0.15) is 0 Å². The zero-order chi connectivity index (χ0) is 14.3. The molecule has 1 atom stereocenters. The summed E-state index contributed by atoms with van der Waals surface area (Å²) in [5.74, 6) is -0.125. The SMILES string of the molecule is CCOC(=O)CCC(=O)NC(c1cccs1)C(C)C. The van der Waals surface area contributed by atoms with Crippen LogP contribution in [0.1, 0.15) is 44.5 Å². The molecule has 4 nitrogen and oxygen atoms in total. The molecule has 0 aliphatic carbocycles. The molecular formula is C14H21NO3S. The molecule has 0 aromatic carbocycles. The summed E-state index contributed by atoms with van der Waals surface area (Å²) >= 11 is 1.63. The monoisotopic (exact) mass is 283 g/mol.